The second-order valence-corrected chi connectivity index (χ2v) is 4.76. The van der Waals surface area contributed by atoms with Gasteiger partial charge in [-0.1, -0.05) is 0 Å². The van der Waals surface area contributed by atoms with E-state index in [0.717, 1.165) is 12.8 Å². The van der Waals surface area contributed by atoms with Crippen LogP contribution in [0.2, 0.25) is 0 Å². The first-order chi connectivity index (χ1) is 8.06. The quantitative estimate of drug-likeness (QED) is 0.674. The van der Waals surface area contributed by atoms with E-state index in [-0.39, 0.29) is 31.3 Å². The summed E-state index contributed by atoms with van der Waals surface area (Å²) in [6, 6.07) is 0. The molecule has 6 nitrogen and oxygen atoms in total. The summed E-state index contributed by atoms with van der Waals surface area (Å²) in [5.41, 5.74) is 0. The van der Waals surface area contributed by atoms with Gasteiger partial charge in [0.25, 0.3) is 0 Å². The molecule has 1 aliphatic carbocycles. The van der Waals surface area contributed by atoms with Gasteiger partial charge in [0.05, 0.1) is 12.5 Å². The van der Waals surface area contributed by atoms with E-state index < -0.39 is 11.9 Å². The first-order valence-electron chi connectivity index (χ1n) is 5.83. The summed E-state index contributed by atoms with van der Waals surface area (Å²) in [6.07, 6.45) is 2.32. The molecule has 2 aliphatic rings. The second kappa shape index (κ2) is 4.73. The van der Waals surface area contributed by atoms with Crippen LogP contribution in [0.3, 0.4) is 0 Å². The zero-order valence-corrected chi connectivity index (χ0v) is 9.52. The third-order valence-corrected chi connectivity index (χ3v) is 3.18. The lowest BCUT2D eigenvalue weighted by atomic mass is 10.1. The Morgan fingerprint density at radius 3 is 2.65 bits per heavy atom. The third-order valence-electron chi connectivity index (χ3n) is 3.18. The van der Waals surface area contributed by atoms with E-state index in [1.807, 2.05) is 0 Å². The van der Waals surface area contributed by atoms with Crippen molar-refractivity contribution in [2.75, 3.05) is 19.6 Å². The number of carbonyl (C=O) groups is 3. The molecule has 0 aromatic heterocycles. The van der Waals surface area contributed by atoms with Crippen LogP contribution in [0, 0.1) is 11.8 Å². The fourth-order valence-corrected chi connectivity index (χ4v) is 1.90. The molecule has 17 heavy (non-hydrogen) atoms. The molecular formula is C11H16N2O4. The van der Waals surface area contributed by atoms with Crippen LogP contribution in [0.25, 0.3) is 0 Å². The summed E-state index contributed by atoms with van der Waals surface area (Å²) in [4.78, 5) is 35.0. The van der Waals surface area contributed by atoms with Crippen molar-refractivity contribution in [3.05, 3.63) is 0 Å². The summed E-state index contributed by atoms with van der Waals surface area (Å²) < 4.78 is 0. The fourth-order valence-electron chi connectivity index (χ4n) is 1.90. The number of amides is 2. The summed E-state index contributed by atoms with van der Waals surface area (Å²) in [7, 11) is 0. The molecule has 1 saturated carbocycles. The molecule has 2 amide bonds. The monoisotopic (exact) mass is 240 g/mol. The van der Waals surface area contributed by atoms with E-state index >= 15 is 0 Å². The Hall–Kier alpha value is -1.59. The van der Waals surface area contributed by atoms with Gasteiger partial charge in [-0.15, -0.1) is 0 Å². The van der Waals surface area contributed by atoms with Crippen LogP contribution in [0.4, 0.5) is 0 Å². The SMILES string of the molecule is O=C(CN1CC(C(=O)O)CC1=O)NCC1CC1. The van der Waals surface area contributed by atoms with Gasteiger partial charge in [0.2, 0.25) is 11.8 Å². The average molecular weight is 240 g/mol. The fraction of sp³-hybridized carbons (Fsp3) is 0.727. The Morgan fingerprint density at radius 1 is 1.41 bits per heavy atom. The number of carboxylic acid groups (broad SMARTS) is 1. The van der Waals surface area contributed by atoms with Crippen molar-refractivity contribution in [2.24, 2.45) is 11.8 Å². The van der Waals surface area contributed by atoms with Gasteiger partial charge in [0, 0.05) is 19.5 Å². The number of rotatable bonds is 5. The van der Waals surface area contributed by atoms with Crippen molar-refractivity contribution in [1.29, 1.82) is 0 Å². The van der Waals surface area contributed by atoms with Crippen molar-refractivity contribution in [2.45, 2.75) is 19.3 Å². The van der Waals surface area contributed by atoms with Crippen LogP contribution < -0.4 is 5.32 Å². The zero-order valence-electron chi connectivity index (χ0n) is 9.52. The normalized spacial score (nSPS) is 23.9. The van der Waals surface area contributed by atoms with Crippen LogP contribution in [0.5, 0.6) is 0 Å². The number of carbonyl (C=O) groups excluding carboxylic acids is 2. The molecule has 2 rings (SSSR count). The number of nitrogens with zero attached hydrogens (tertiary/aromatic N) is 1. The van der Waals surface area contributed by atoms with Gasteiger partial charge in [0.1, 0.15) is 0 Å². The maximum atomic E-state index is 11.5. The molecule has 2 N–H and O–H groups in total. The molecule has 1 unspecified atom stereocenters. The van der Waals surface area contributed by atoms with Crippen molar-refractivity contribution in [1.82, 2.24) is 10.2 Å². The minimum atomic E-state index is -0.973. The predicted octanol–water partition coefficient (Wildman–Crippen LogP) is -0.554. The molecule has 0 bridgehead atoms. The van der Waals surface area contributed by atoms with Crippen molar-refractivity contribution in [3.63, 3.8) is 0 Å². The van der Waals surface area contributed by atoms with Gasteiger partial charge in [0.15, 0.2) is 0 Å². The highest BCUT2D eigenvalue weighted by Crippen LogP contribution is 2.27. The van der Waals surface area contributed by atoms with Crippen molar-refractivity contribution >= 4 is 17.8 Å². The average Bonchev–Trinajstić information content (AvgIpc) is 3.02. The van der Waals surface area contributed by atoms with Gasteiger partial charge in [-0.25, -0.2) is 0 Å². The van der Waals surface area contributed by atoms with Gasteiger partial charge >= 0.3 is 5.97 Å². The molecule has 1 heterocycles. The molecule has 1 saturated heterocycles. The van der Waals surface area contributed by atoms with Crippen LogP contribution in [0.15, 0.2) is 0 Å². The lowest BCUT2D eigenvalue weighted by Gasteiger charge is -2.15. The van der Waals surface area contributed by atoms with Gasteiger partial charge in [-0.3, -0.25) is 14.4 Å². The molecule has 1 atom stereocenters. The maximum absolute atomic E-state index is 11.5. The number of likely N-dealkylation sites (tertiary alicyclic amines) is 1. The number of nitrogens with one attached hydrogen (secondary N) is 1. The highest BCUT2D eigenvalue weighted by atomic mass is 16.4. The molecule has 0 spiro atoms. The Labute approximate surface area is 99.0 Å². The minimum Gasteiger partial charge on any atom is -0.481 e. The van der Waals surface area contributed by atoms with E-state index in [0.29, 0.717) is 12.5 Å². The Bertz CT molecular complexity index is 351. The largest absolute Gasteiger partial charge is 0.481 e. The highest BCUT2D eigenvalue weighted by molar-refractivity contribution is 5.89. The smallest absolute Gasteiger partial charge is 0.308 e. The zero-order chi connectivity index (χ0) is 12.4. The maximum Gasteiger partial charge on any atom is 0.308 e. The first kappa shape index (κ1) is 11.9. The van der Waals surface area contributed by atoms with Gasteiger partial charge in [-0.05, 0) is 18.8 Å². The predicted molar refractivity (Wildman–Crippen MR) is 58.1 cm³/mol. The topological polar surface area (TPSA) is 86.7 Å². The highest BCUT2D eigenvalue weighted by Gasteiger charge is 2.35. The van der Waals surface area contributed by atoms with E-state index in [1.165, 1.54) is 4.90 Å². The third kappa shape index (κ3) is 3.18. The molecule has 94 valence electrons. The lowest BCUT2D eigenvalue weighted by molar-refractivity contribution is -0.141. The summed E-state index contributed by atoms with van der Waals surface area (Å²) in [6.45, 7) is 0.795. The van der Waals surface area contributed by atoms with Gasteiger partial charge < -0.3 is 15.3 Å². The summed E-state index contributed by atoms with van der Waals surface area (Å²) >= 11 is 0. The Kier molecular flexibility index (Phi) is 3.31. The molecule has 0 aromatic carbocycles. The molecular weight excluding hydrogens is 224 g/mol. The van der Waals surface area contributed by atoms with Gasteiger partial charge in [-0.2, -0.15) is 0 Å². The second-order valence-electron chi connectivity index (χ2n) is 4.76. The van der Waals surface area contributed by atoms with Crippen LogP contribution in [-0.4, -0.2) is 47.4 Å². The molecule has 0 aromatic rings. The summed E-state index contributed by atoms with van der Waals surface area (Å²) in [5.74, 6) is -1.49. The van der Waals surface area contributed by atoms with E-state index in [4.69, 9.17) is 5.11 Å². The number of carboxylic acids is 1. The standard InChI is InChI=1S/C11H16N2O4/c14-9(12-4-7-1-2-7)6-13-5-8(11(16)17)3-10(13)15/h7-8H,1-6H2,(H,12,14)(H,16,17). The van der Waals surface area contributed by atoms with Crippen LogP contribution in [0.1, 0.15) is 19.3 Å². The molecule has 0 radical (unpaired) electrons. The molecule has 2 fully saturated rings. The van der Waals surface area contributed by atoms with Crippen LogP contribution in [-0.2, 0) is 14.4 Å². The van der Waals surface area contributed by atoms with Crippen LogP contribution >= 0.6 is 0 Å². The van der Waals surface area contributed by atoms with E-state index in [1.54, 1.807) is 0 Å². The van der Waals surface area contributed by atoms with Crippen molar-refractivity contribution < 1.29 is 19.5 Å². The summed E-state index contributed by atoms with van der Waals surface area (Å²) in [5, 5.41) is 11.5. The van der Waals surface area contributed by atoms with E-state index in [2.05, 4.69) is 5.32 Å². The van der Waals surface area contributed by atoms with Crippen molar-refractivity contribution in [3.8, 4) is 0 Å². The number of aliphatic carboxylic acids is 1. The lowest BCUT2D eigenvalue weighted by Crippen LogP contribution is -2.39. The Balaban J connectivity index is 1.75. The van der Waals surface area contributed by atoms with E-state index in [9.17, 15) is 14.4 Å². The number of hydrogen-bond donors (Lipinski definition) is 2. The first-order valence-corrected chi connectivity index (χ1v) is 5.83. The molecule has 1 aliphatic heterocycles. The molecule has 6 heteroatoms. The minimum absolute atomic E-state index is 0.00520. The Morgan fingerprint density at radius 2 is 2.12 bits per heavy atom. The number of hydrogen-bond acceptors (Lipinski definition) is 3.